The SMILES string of the molecule is CC1(CN2CCC(=O)CC2=O)CCCO1. The molecule has 84 valence electrons. The molecule has 1 atom stereocenters. The van der Waals surface area contributed by atoms with Crippen LogP contribution < -0.4 is 0 Å². The number of ether oxygens (including phenoxy) is 1. The second-order valence-corrected chi connectivity index (χ2v) is 4.68. The highest BCUT2D eigenvalue weighted by molar-refractivity contribution is 6.00. The first kappa shape index (κ1) is 10.6. The van der Waals surface area contributed by atoms with Gasteiger partial charge >= 0.3 is 0 Å². The second kappa shape index (κ2) is 3.93. The molecular formula is C11H17NO3. The molecule has 2 saturated heterocycles. The van der Waals surface area contributed by atoms with Crippen LogP contribution in [-0.4, -0.2) is 41.9 Å². The molecule has 1 amide bonds. The Morgan fingerprint density at radius 2 is 2.27 bits per heavy atom. The minimum atomic E-state index is -0.184. The summed E-state index contributed by atoms with van der Waals surface area (Å²) in [6, 6.07) is 0. The van der Waals surface area contributed by atoms with Crippen LogP contribution in [0.5, 0.6) is 0 Å². The van der Waals surface area contributed by atoms with Gasteiger partial charge in [-0.2, -0.15) is 0 Å². The number of nitrogens with zero attached hydrogens (tertiary/aromatic N) is 1. The zero-order valence-electron chi connectivity index (χ0n) is 9.12. The standard InChI is InChI=1S/C11H17NO3/c1-11(4-2-6-15-11)8-12-5-3-9(13)7-10(12)14/h2-8H2,1H3. The number of piperidine rings is 1. The normalized spacial score (nSPS) is 32.5. The third kappa shape index (κ3) is 2.37. The van der Waals surface area contributed by atoms with Gasteiger partial charge in [-0.3, -0.25) is 9.59 Å². The number of carbonyl (C=O) groups excluding carboxylic acids is 2. The van der Waals surface area contributed by atoms with Crippen LogP contribution in [0, 0.1) is 0 Å². The summed E-state index contributed by atoms with van der Waals surface area (Å²) < 4.78 is 5.64. The van der Waals surface area contributed by atoms with Crippen molar-refractivity contribution in [2.45, 2.75) is 38.2 Å². The van der Waals surface area contributed by atoms with E-state index in [2.05, 4.69) is 0 Å². The maximum atomic E-state index is 11.6. The van der Waals surface area contributed by atoms with Crippen molar-refractivity contribution in [2.75, 3.05) is 19.7 Å². The van der Waals surface area contributed by atoms with Gasteiger partial charge in [0.25, 0.3) is 0 Å². The predicted molar refractivity (Wildman–Crippen MR) is 54.4 cm³/mol. The Morgan fingerprint density at radius 1 is 1.47 bits per heavy atom. The topological polar surface area (TPSA) is 46.6 Å². The summed E-state index contributed by atoms with van der Waals surface area (Å²) in [7, 11) is 0. The summed E-state index contributed by atoms with van der Waals surface area (Å²) in [5.41, 5.74) is -0.184. The first-order chi connectivity index (χ1) is 7.09. The molecule has 15 heavy (non-hydrogen) atoms. The number of likely N-dealkylation sites (tertiary alicyclic amines) is 1. The number of amides is 1. The van der Waals surface area contributed by atoms with Gasteiger partial charge in [0, 0.05) is 26.1 Å². The maximum absolute atomic E-state index is 11.6. The lowest BCUT2D eigenvalue weighted by Crippen LogP contribution is -2.47. The predicted octanol–water partition coefficient (Wildman–Crippen LogP) is 0.747. The molecule has 0 aromatic rings. The molecule has 2 fully saturated rings. The number of Topliss-reactive ketones (excluding diaryl/α,β-unsaturated/α-hetero) is 1. The smallest absolute Gasteiger partial charge is 0.230 e. The molecule has 0 spiro atoms. The van der Waals surface area contributed by atoms with Gasteiger partial charge in [-0.25, -0.2) is 0 Å². The Bertz CT molecular complexity index is 282. The lowest BCUT2D eigenvalue weighted by Gasteiger charge is -2.33. The molecule has 0 aromatic heterocycles. The average molecular weight is 211 g/mol. The monoisotopic (exact) mass is 211 g/mol. The van der Waals surface area contributed by atoms with E-state index >= 15 is 0 Å². The first-order valence-corrected chi connectivity index (χ1v) is 5.52. The molecule has 2 aliphatic heterocycles. The zero-order valence-corrected chi connectivity index (χ0v) is 9.12. The number of rotatable bonds is 2. The van der Waals surface area contributed by atoms with E-state index in [0.717, 1.165) is 19.4 Å². The fraction of sp³-hybridized carbons (Fsp3) is 0.818. The minimum absolute atomic E-state index is 0.0389. The molecule has 2 aliphatic rings. The summed E-state index contributed by atoms with van der Waals surface area (Å²) >= 11 is 0. The van der Waals surface area contributed by atoms with Crippen molar-refractivity contribution >= 4 is 11.7 Å². The Kier molecular flexibility index (Phi) is 2.78. The van der Waals surface area contributed by atoms with E-state index in [0.29, 0.717) is 19.5 Å². The Morgan fingerprint density at radius 3 is 2.87 bits per heavy atom. The lowest BCUT2D eigenvalue weighted by molar-refractivity contribution is -0.142. The van der Waals surface area contributed by atoms with Crippen molar-refractivity contribution in [1.82, 2.24) is 4.90 Å². The van der Waals surface area contributed by atoms with E-state index < -0.39 is 0 Å². The zero-order chi connectivity index (χ0) is 10.9. The molecule has 1 unspecified atom stereocenters. The lowest BCUT2D eigenvalue weighted by atomic mass is 10.00. The summed E-state index contributed by atoms with van der Waals surface area (Å²) in [5.74, 6) is 0.0247. The largest absolute Gasteiger partial charge is 0.373 e. The molecular weight excluding hydrogens is 194 g/mol. The Balaban J connectivity index is 1.94. The van der Waals surface area contributed by atoms with Gasteiger partial charge in [-0.15, -0.1) is 0 Å². The van der Waals surface area contributed by atoms with Gasteiger partial charge in [0.1, 0.15) is 5.78 Å². The van der Waals surface area contributed by atoms with E-state index in [4.69, 9.17) is 4.74 Å². The second-order valence-electron chi connectivity index (χ2n) is 4.68. The number of carbonyl (C=O) groups is 2. The van der Waals surface area contributed by atoms with Crippen molar-refractivity contribution < 1.29 is 14.3 Å². The maximum Gasteiger partial charge on any atom is 0.230 e. The summed E-state index contributed by atoms with van der Waals surface area (Å²) in [6.07, 6.45) is 2.65. The highest BCUT2D eigenvalue weighted by atomic mass is 16.5. The van der Waals surface area contributed by atoms with Crippen LogP contribution in [0.2, 0.25) is 0 Å². The van der Waals surface area contributed by atoms with Crippen LogP contribution in [0.3, 0.4) is 0 Å². The van der Waals surface area contributed by atoms with Crippen LogP contribution in [0.4, 0.5) is 0 Å². The Hall–Kier alpha value is -0.900. The fourth-order valence-corrected chi connectivity index (χ4v) is 2.29. The van der Waals surface area contributed by atoms with E-state index in [9.17, 15) is 9.59 Å². The summed E-state index contributed by atoms with van der Waals surface area (Å²) in [5, 5.41) is 0. The van der Waals surface area contributed by atoms with Crippen molar-refractivity contribution in [3.05, 3.63) is 0 Å². The number of hydrogen-bond acceptors (Lipinski definition) is 3. The third-order valence-electron chi connectivity index (χ3n) is 3.19. The molecule has 0 aromatic carbocycles. The average Bonchev–Trinajstić information content (AvgIpc) is 2.58. The van der Waals surface area contributed by atoms with Crippen LogP contribution >= 0.6 is 0 Å². The van der Waals surface area contributed by atoms with Crippen molar-refractivity contribution in [2.24, 2.45) is 0 Å². The van der Waals surface area contributed by atoms with E-state index in [1.807, 2.05) is 6.92 Å². The van der Waals surface area contributed by atoms with Gasteiger partial charge in [0.05, 0.1) is 12.0 Å². The molecule has 4 nitrogen and oxygen atoms in total. The van der Waals surface area contributed by atoms with Gasteiger partial charge in [-0.1, -0.05) is 0 Å². The van der Waals surface area contributed by atoms with Crippen LogP contribution in [0.25, 0.3) is 0 Å². The number of ketones is 1. The molecule has 0 aliphatic carbocycles. The van der Waals surface area contributed by atoms with E-state index in [1.165, 1.54) is 0 Å². The molecule has 0 saturated carbocycles. The molecule has 2 heterocycles. The van der Waals surface area contributed by atoms with E-state index in [-0.39, 0.29) is 23.7 Å². The highest BCUT2D eigenvalue weighted by Gasteiger charge is 2.35. The van der Waals surface area contributed by atoms with Gasteiger partial charge in [-0.05, 0) is 19.8 Å². The molecule has 0 N–H and O–H groups in total. The van der Waals surface area contributed by atoms with Crippen molar-refractivity contribution in [1.29, 1.82) is 0 Å². The molecule has 4 heteroatoms. The molecule has 0 bridgehead atoms. The third-order valence-corrected chi connectivity index (χ3v) is 3.19. The number of hydrogen-bond donors (Lipinski definition) is 0. The quantitative estimate of drug-likeness (QED) is 0.633. The van der Waals surface area contributed by atoms with Crippen LogP contribution in [0.15, 0.2) is 0 Å². The van der Waals surface area contributed by atoms with Crippen LogP contribution in [0.1, 0.15) is 32.6 Å². The van der Waals surface area contributed by atoms with Crippen molar-refractivity contribution in [3.8, 4) is 0 Å². The minimum Gasteiger partial charge on any atom is -0.373 e. The van der Waals surface area contributed by atoms with Gasteiger partial charge in [0.2, 0.25) is 5.91 Å². The first-order valence-electron chi connectivity index (χ1n) is 5.52. The van der Waals surface area contributed by atoms with E-state index in [1.54, 1.807) is 4.90 Å². The Labute approximate surface area is 89.6 Å². The van der Waals surface area contributed by atoms with Gasteiger partial charge < -0.3 is 9.64 Å². The summed E-state index contributed by atoms with van der Waals surface area (Å²) in [6.45, 7) is 4.04. The highest BCUT2D eigenvalue weighted by Crippen LogP contribution is 2.27. The van der Waals surface area contributed by atoms with Crippen LogP contribution in [-0.2, 0) is 14.3 Å². The molecule has 0 radical (unpaired) electrons. The van der Waals surface area contributed by atoms with Crippen molar-refractivity contribution in [3.63, 3.8) is 0 Å². The molecule has 2 rings (SSSR count). The summed E-state index contributed by atoms with van der Waals surface area (Å²) in [4.78, 5) is 24.4. The fourth-order valence-electron chi connectivity index (χ4n) is 2.29. The van der Waals surface area contributed by atoms with Gasteiger partial charge in [0.15, 0.2) is 0 Å².